The maximum Gasteiger partial charge on any atom is 0.170 e. The standard InChI is InChI=1S/C15H24FN3/c1-3-17-11-13-6-8-18-15(14(13)16)19-9-4-5-12(2)7-10-19/h6,8,12,17H,3-5,7,9-11H2,1-2H3. The molecule has 1 aromatic heterocycles. The van der Waals surface area contributed by atoms with Crippen LogP contribution in [0.15, 0.2) is 12.3 Å². The van der Waals surface area contributed by atoms with Crippen LogP contribution in [0.5, 0.6) is 0 Å². The second-order valence-corrected chi connectivity index (χ2v) is 5.41. The highest BCUT2D eigenvalue weighted by molar-refractivity contribution is 5.43. The molecule has 1 fully saturated rings. The van der Waals surface area contributed by atoms with Crippen LogP contribution in [0.4, 0.5) is 10.2 Å². The van der Waals surface area contributed by atoms with E-state index in [0.29, 0.717) is 17.9 Å². The quantitative estimate of drug-likeness (QED) is 0.907. The molecule has 1 saturated heterocycles. The topological polar surface area (TPSA) is 28.2 Å². The number of anilines is 1. The zero-order valence-corrected chi connectivity index (χ0v) is 12.0. The Morgan fingerprint density at radius 3 is 3.05 bits per heavy atom. The summed E-state index contributed by atoms with van der Waals surface area (Å²) in [6.45, 7) is 7.54. The number of hydrogen-bond acceptors (Lipinski definition) is 3. The molecule has 1 atom stereocenters. The molecule has 106 valence electrons. The van der Waals surface area contributed by atoms with Gasteiger partial charge >= 0.3 is 0 Å². The maximum atomic E-state index is 14.5. The number of aromatic nitrogens is 1. The van der Waals surface area contributed by atoms with Gasteiger partial charge in [-0.1, -0.05) is 13.8 Å². The molecule has 2 heterocycles. The minimum atomic E-state index is -0.155. The van der Waals surface area contributed by atoms with E-state index in [1.807, 2.05) is 6.92 Å². The van der Waals surface area contributed by atoms with E-state index >= 15 is 0 Å². The molecular formula is C15H24FN3. The second-order valence-electron chi connectivity index (χ2n) is 5.41. The zero-order valence-electron chi connectivity index (χ0n) is 12.0. The summed E-state index contributed by atoms with van der Waals surface area (Å²) in [7, 11) is 0. The molecule has 2 rings (SSSR count). The molecule has 0 aromatic carbocycles. The van der Waals surface area contributed by atoms with Crippen molar-refractivity contribution in [3.8, 4) is 0 Å². The molecule has 19 heavy (non-hydrogen) atoms. The Hall–Kier alpha value is -1.16. The highest BCUT2D eigenvalue weighted by Gasteiger charge is 2.19. The Bertz CT molecular complexity index is 408. The fourth-order valence-corrected chi connectivity index (χ4v) is 2.56. The van der Waals surface area contributed by atoms with Crippen LogP contribution in [0.2, 0.25) is 0 Å². The van der Waals surface area contributed by atoms with Crippen LogP contribution in [-0.4, -0.2) is 24.6 Å². The zero-order chi connectivity index (χ0) is 13.7. The third-order valence-electron chi connectivity index (χ3n) is 3.83. The number of halogens is 1. The van der Waals surface area contributed by atoms with Gasteiger partial charge in [0, 0.05) is 31.4 Å². The predicted molar refractivity (Wildman–Crippen MR) is 76.8 cm³/mol. The Morgan fingerprint density at radius 1 is 1.42 bits per heavy atom. The van der Waals surface area contributed by atoms with Crippen molar-refractivity contribution in [3.63, 3.8) is 0 Å². The van der Waals surface area contributed by atoms with Crippen molar-refractivity contribution < 1.29 is 4.39 Å². The van der Waals surface area contributed by atoms with Crippen LogP contribution in [0.1, 0.15) is 38.7 Å². The van der Waals surface area contributed by atoms with Crippen molar-refractivity contribution in [2.75, 3.05) is 24.5 Å². The monoisotopic (exact) mass is 265 g/mol. The Morgan fingerprint density at radius 2 is 2.26 bits per heavy atom. The lowest BCUT2D eigenvalue weighted by Gasteiger charge is -2.22. The largest absolute Gasteiger partial charge is 0.354 e. The summed E-state index contributed by atoms with van der Waals surface area (Å²) >= 11 is 0. The minimum Gasteiger partial charge on any atom is -0.354 e. The van der Waals surface area contributed by atoms with Gasteiger partial charge in [0.25, 0.3) is 0 Å². The highest BCUT2D eigenvalue weighted by Crippen LogP contribution is 2.24. The summed E-state index contributed by atoms with van der Waals surface area (Å²) in [5.41, 5.74) is 0.712. The van der Waals surface area contributed by atoms with Crippen LogP contribution in [-0.2, 0) is 6.54 Å². The van der Waals surface area contributed by atoms with Crippen LogP contribution in [0.3, 0.4) is 0 Å². The molecule has 0 radical (unpaired) electrons. The first-order valence-corrected chi connectivity index (χ1v) is 7.31. The normalized spacial score (nSPS) is 20.4. The van der Waals surface area contributed by atoms with Gasteiger partial charge in [-0.05, 0) is 37.8 Å². The van der Waals surface area contributed by atoms with Gasteiger partial charge in [-0.25, -0.2) is 9.37 Å². The average Bonchev–Trinajstić information content (AvgIpc) is 2.62. The first-order valence-electron chi connectivity index (χ1n) is 7.31. The molecule has 0 saturated carbocycles. The van der Waals surface area contributed by atoms with Crippen LogP contribution < -0.4 is 10.2 Å². The van der Waals surface area contributed by atoms with Crippen molar-refractivity contribution in [3.05, 3.63) is 23.6 Å². The summed E-state index contributed by atoms with van der Waals surface area (Å²) in [5.74, 6) is 1.11. The number of rotatable bonds is 4. The van der Waals surface area contributed by atoms with E-state index in [0.717, 1.165) is 38.4 Å². The van der Waals surface area contributed by atoms with Crippen molar-refractivity contribution >= 4 is 5.82 Å². The van der Waals surface area contributed by atoms with Crippen LogP contribution in [0.25, 0.3) is 0 Å². The van der Waals surface area contributed by atoms with E-state index in [-0.39, 0.29) is 5.82 Å². The fourth-order valence-electron chi connectivity index (χ4n) is 2.56. The third kappa shape index (κ3) is 3.66. The van der Waals surface area contributed by atoms with Gasteiger partial charge < -0.3 is 10.2 Å². The molecule has 3 nitrogen and oxygen atoms in total. The van der Waals surface area contributed by atoms with E-state index in [1.54, 1.807) is 12.3 Å². The molecule has 1 aromatic rings. The fraction of sp³-hybridized carbons (Fsp3) is 0.667. The van der Waals surface area contributed by atoms with E-state index in [2.05, 4.69) is 22.1 Å². The van der Waals surface area contributed by atoms with Gasteiger partial charge in [0.1, 0.15) is 0 Å². The average molecular weight is 265 g/mol. The maximum absolute atomic E-state index is 14.5. The van der Waals surface area contributed by atoms with Crippen molar-refractivity contribution in [1.82, 2.24) is 10.3 Å². The Labute approximate surface area is 115 Å². The number of nitrogens with one attached hydrogen (secondary N) is 1. The van der Waals surface area contributed by atoms with E-state index in [9.17, 15) is 4.39 Å². The number of hydrogen-bond donors (Lipinski definition) is 1. The summed E-state index contributed by atoms with van der Waals surface area (Å²) < 4.78 is 14.5. The van der Waals surface area contributed by atoms with Crippen molar-refractivity contribution in [2.24, 2.45) is 5.92 Å². The first-order chi connectivity index (χ1) is 9.22. The molecule has 1 aliphatic heterocycles. The Balaban J connectivity index is 2.14. The van der Waals surface area contributed by atoms with Crippen molar-refractivity contribution in [2.45, 2.75) is 39.7 Å². The Kier molecular flexibility index (Phi) is 5.14. The first kappa shape index (κ1) is 14.3. The minimum absolute atomic E-state index is 0.155. The van der Waals surface area contributed by atoms with Gasteiger partial charge in [0.15, 0.2) is 11.6 Å². The lowest BCUT2D eigenvalue weighted by molar-refractivity contribution is 0.520. The number of nitrogens with zero attached hydrogens (tertiary/aromatic N) is 2. The van der Waals surface area contributed by atoms with E-state index in [1.165, 1.54) is 6.42 Å². The van der Waals surface area contributed by atoms with E-state index in [4.69, 9.17) is 0 Å². The summed E-state index contributed by atoms with van der Waals surface area (Å²) in [4.78, 5) is 6.37. The van der Waals surface area contributed by atoms with E-state index < -0.39 is 0 Å². The lowest BCUT2D eigenvalue weighted by atomic mass is 10.0. The predicted octanol–water partition coefficient (Wildman–Crippen LogP) is 2.96. The van der Waals surface area contributed by atoms with Crippen molar-refractivity contribution in [1.29, 1.82) is 0 Å². The smallest absolute Gasteiger partial charge is 0.170 e. The van der Waals surface area contributed by atoms with Crippen LogP contribution >= 0.6 is 0 Å². The lowest BCUT2D eigenvalue weighted by Crippen LogP contribution is -2.27. The molecule has 1 N–H and O–H groups in total. The van der Waals surface area contributed by atoms with Gasteiger partial charge in [-0.2, -0.15) is 0 Å². The van der Waals surface area contributed by atoms with Gasteiger partial charge in [-0.15, -0.1) is 0 Å². The second kappa shape index (κ2) is 6.85. The summed E-state index contributed by atoms with van der Waals surface area (Å²) in [6.07, 6.45) is 5.20. The SMILES string of the molecule is CCNCc1ccnc(N2CCCC(C)CC2)c1F. The molecule has 0 bridgehead atoms. The van der Waals surface area contributed by atoms with Gasteiger partial charge in [0.2, 0.25) is 0 Å². The molecule has 0 amide bonds. The van der Waals surface area contributed by atoms with Gasteiger partial charge in [0.05, 0.1) is 0 Å². The highest BCUT2D eigenvalue weighted by atomic mass is 19.1. The molecular weight excluding hydrogens is 241 g/mol. The van der Waals surface area contributed by atoms with Gasteiger partial charge in [-0.3, -0.25) is 0 Å². The third-order valence-corrected chi connectivity index (χ3v) is 3.83. The summed E-state index contributed by atoms with van der Waals surface area (Å²) in [5, 5.41) is 3.17. The molecule has 1 unspecified atom stereocenters. The van der Waals surface area contributed by atoms with Crippen LogP contribution in [0, 0.1) is 11.7 Å². The molecule has 1 aliphatic rings. The molecule has 4 heteroatoms. The molecule has 0 aliphatic carbocycles. The summed E-state index contributed by atoms with van der Waals surface area (Å²) in [6, 6.07) is 1.77. The molecule has 0 spiro atoms. The number of pyridine rings is 1.